The number of hydrogen-bond donors (Lipinski definition) is 2. The third-order valence-electron chi connectivity index (χ3n) is 3.74. The Labute approximate surface area is 120 Å². The van der Waals surface area contributed by atoms with Gasteiger partial charge in [0.25, 0.3) is 0 Å². The zero-order valence-corrected chi connectivity index (χ0v) is 12.2. The Balaban J connectivity index is 1.85. The van der Waals surface area contributed by atoms with E-state index in [0.29, 0.717) is 13.1 Å². The highest BCUT2D eigenvalue weighted by Crippen LogP contribution is 2.18. The van der Waals surface area contributed by atoms with Gasteiger partial charge in [0, 0.05) is 44.5 Å². The van der Waals surface area contributed by atoms with Gasteiger partial charge in [0.05, 0.1) is 12.1 Å². The van der Waals surface area contributed by atoms with E-state index in [4.69, 9.17) is 5.73 Å². The maximum absolute atomic E-state index is 12.0. The minimum absolute atomic E-state index is 0.0940. The van der Waals surface area contributed by atoms with Gasteiger partial charge in [-0.2, -0.15) is 5.10 Å². The van der Waals surface area contributed by atoms with Gasteiger partial charge in [0.2, 0.25) is 5.91 Å². The van der Waals surface area contributed by atoms with E-state index in [1.807, 2.05) is 10.9 Å². The Morgan fingerprint density at radius 1 is 1.60 bits per heavy atom. The zero-order chi connectivity index (χ0) is 14.4. The lowest BCUT2D eigenvalue weighted by Crippen LogP contribution is -2.43. The molecule has 6 heteroatoms. The first kappa shape index (κ1) is 15.0. The number of aromatic nitrogens is 2. The van der Waals surface area contributed by atoms with Crippen LogP contribution in [0.15, 0.2) is 12.4 Å². The van der Waals surface area contributed by atoms with Crippen molar-refractivity contribution in [3.8, 4) is 0 Å². The lowest BCUT2D eigenvalue weighted by atomic mass is 9.97. The summed E-state index contributed by atoms with van der Waals surface area (Å²) in [6.07, 6.45) is 6.05. The molecule has 1 aromatic rings. The Morgan fingerprint density at radius 3 is 3.15 bits per heavy atom. The summed E-state index contributed by atoms with van der Waals surface area (Å²) in [5, 5.41) is 7.18. The molecule has 6 nitrogen and oxygen atoms in total. The van der Waals surface area contributed by atoms with Gasteiger partial charge in [-0.05, 0) is 26.3 Å². The molecule has 20 heavy (non-hydrogen) atoms. The largest absolute Gasteiger partial charge is 0.355 e. The normalized spacial score (nSPS) is 20.0. The van der Waals surface area contributed by atoms with Crippen molar-refractivity contribution in [3.05, 3.63) is 18.0 Å². The summed E-state index contributed by atoms with van der Waals surface area (Å²) in [4.78, 5) is 14.3. The second-order valence-corrected chi connectivity index (χ2v) is 5.36. The molecule has 0 radical (unpaired) electrons. The number of likely N-dealkylation sites (tertiary alicyclic amines) is 1. The van der Waals surface area contributed by atoms with Crippen molar-refractivity contribution in [1.82, 2.24) is 20.0 Å². The van der Waals surface area contributed by atoms with E-state index in [0.717, 1.165) is 39.0 Å². The van der Waals surface area contributed by atoms with Crippen molar-refractivity contribution in [2.75, 3.05) is 26.2 Å². The molecule has 1 aliphatic rings. The van der Waals surface area contributed by atoms with E-state index >= 15 is 0 Å². The van der Waals surface area contributed by atoms with Gasteiger partial charge in [0.15, 0.2) is 0 Å². The summed E-state index contributed by atoms with van der Waals surface area (Å²) >= 11 is 0. The van der Waals surface area contributed by atoms with E-state index in [2.05, 4.69) is 28.4 Å². The molecule has 3 N–H and O–H groups in total. The molecule has 1 amide bonds. The van der Waals surface area contributed by atoms with Gasteiger partial charge in [-0.3, -0.25) is 14.4 Å². The van der Waals surface area contributed by atoms with E-state index in [1.165, 1.54) is 5.56 Å². The quantitative estimate of drug-likeness (QED) is 0.779. The summed E-state index contributed by atoms with van der Waals surface area (Å²) in [7, 11) is 0. The fraction of sp³-hybridized carbons (Fsp3) is 0.714. The van der Waals surface area contributed by atoms with Crippen LogP contribution in [0, 0.1) is 5.92 Å². The van der Waals surface area contributed by atoms with Crippen molar-refractivity contribution in [1.29, 1.82) is 0 Å². The van der Waals surface area contributed by atoms with Gasteiger partial charge in [-0.15, -0.1) is 0 Å². The number of nitrogens with zero attached hydrogens (tertiary/aromatic N) is 3. The van der Waals surface area contributed by atoms with Crippen molar-refractivity contribution in [2.24, 2.45) is 11.7 Å². The lowest BCUT2D eigenvalue weighted by molar-refractivity contribution is -0.126. The van der Waals surface area contributed by atoms with Crippen molar-refractivity contribution >= 4 is 5.91 Å². The van der Waals surface area contributed by atoms with Crippen LogP contribution in [0.2, 0.25) is 0 Å². The highest BCUT2D eigenvalue weighted by molar-refractivity contribution is 5.78. The van der Waals surface area contributed by atoms with Crippen molar-refractivity contribution < 1.29 is 4.79 Å². The second-order valence-electron chi connectivity index (χ2n) is 5.36. The predicted molar refractivity (Wildman–Crippen MR) is 78.0 cm³/mol. The van der Waals surface area contributed by atoms with Crippen LogP contribution in [0.3, 0.4) is 0 Å². The number of carbonyl (C=O) groups excluding carboxylic acids is 1. The van der Waals surface area contributed by atoms with Gasteiger partial charge in [-0.1, -0.05) is 0 Å². The first-order valence-corrected chi connectivity index (χ1v) is 7.44. The highest BCUT2D eigenvalue weighted by atomic mass is 16.1. The second kappa shape index (κ2) is 7.40. The van der Waals surface area contributed by atoms with Crippen molar-refractivity contribution in [2.45, 2.75) is 32.9 Å². The van der Waals surface area contributed by atoms with Crippen LogP contribution in [0.25, 0.3) is 0 Å². The van der Waals surface area contributed by atoms with Gasteiger partial charge < -0.3 is 11.1 Å². The highest BCUT2D eigenvalue weighted by Gasteiger charge is 2.25. The molecule has 1 saturated heterocycles. The first-order chi connectivity index (χ1) is 9.72. The number of nitrogens with two attached hydrogens (primary N) is 1. The fourth-order valence-electron chi connectivity index (χ4n) is 2.67. The zero-order valence-electron chi connectivity index (χ0n) is 12.2. The molecule has 0 saturated carbocycles. The van der Waals surface area contributed by atoms with Crippen LogP contribution in [0.4, 0.5) is 0 Å². The molecule has 0 aromatic carbocycles. The lowest BCUT2D eigenvalue weighted by Gasteiger charge is -2.31. The number of rotatable bonds is 6. The molecule has 1 aromatic heterocycles. The fourth-order valence-corrected chi connectivity index (χ4v) is 2.67. The Bertz CT molecular complexity index is 431. The molecule has 1 aliphatic heterocycles. The van der Waals surface area contributed by atoms with E-state index in [1.54, 1.807) is 0 Å². The number of carbonyl (C=O) groups is 1. The summed E-state index contributed by atoms with van der Waals surface area (Å²) < 4.78 is 1.94. The maximum Gasteiger partial charge on any atom is 0.224 e. The molecule has 112 valence electrons. The molecule has 2 rings (SSSR count). The topological polar surface area (TPSA) is 76.2 Å². The Morgan fingerprint density at radius 2 is 2.45 bits per heavy atom. The van der Waals surface area contributed by atoms with Gasteiger partial charge in [-0.25, -0.2) is 0 Å². The van der Waals surface area contributed by atoms with Crippen LogP contribution in [-0.2, 0) is 17.9 Å². The Hall–Kier alpha value is -1.40. The SMILES string of the molecule is CCn1cc(CN2CCCC(C(=O)NCCN)C2)cn1. The maximum atomic E-state index is 12.0. The predicted octanol–water partition coefficient (Wildman–Crippen LogP) is 0.190. The van der Waals surface area contributed by atoms with Crippen molar-refractivity contribution in [3.63, 3.8) is 0 Å². The number of aryl methyl sites for hydroxylation is 1. The number of nitrogens with one attached hydrogen (secondary N) is 1. The molecule has 0 aliphatic carbocycles. The molecule has 0 bridgehead atoms. The van der Waals surface area contributed by atoms with Crippen LogP contribution in [-0.4, -0.2) is 46.8 Å². The van der Waals surface area contributed by atoms with Crippen LogP contribution < -0.4 is 11.1 Å². The smallest absolute Gasteiger partial charge is 0.224 e. The molecular weight excluding hydrogens is 254 g/mol. The first-order valence-electron chi connectivity index (χ1n) is 7.44. The minimum Gasteiger partial charge on any atom is -0.355 e. The van der Waals surface area contributed by atoms with Crippen LogP contribution in [0.5, 0.6) is 0 Å². The molecule has 2 heterocycles. The van der Waals surface area contributed by atoms with Crippen LogP contribution >= 0.6 is 0 Å². The average Bonchev–Trinajstić information content (AvgIpc) is 2.92. The third kappa shape index (κ3) is 4.05. The standard InChI is InChI=1S/C14H25N5O/c1-2-19-10-12(8-17-19)9-18-7-3-4-13(11-18)14(20)16-6-5-15/h8,10,13H,2-7,9,11,15H2,1H3,(H,16,20). The monoisotopic (exact) mass is 279 g/mol. The average molecular weight is 279 g/mol. The van der Waals surface area contributed by atoms with E-state index < -0.39 is 0 Å². The number of piperidine rings is 1. The van der Waals surface area contributed by atoms with Gasteiger partial charge >= 0.3 is 0 Å². The molecule has 0 spiro atoms. The molecule has 1 fully saturated rings. The molecule has 1 unspecified atom stereocenters. The van der Waals surface area contributed by atoms with Crippen LogP contribution in [0.1, 0.15) is 25.3 Å². The van der Waals surface area contributed by atoms with Gasteiger partial charge in [0.1, 0.15) is 0 Å². The molecule has 1 atom stereocenters. The summed E-state index contributed by atoms with van der Waals surface area (Å²) in [5.41, 5.74) is 6.63. The third-order valence-corrected chi connectivity index (χ3v) is 3.74. The summed E-state index contributed by atoms with van der Waals surface area (Å²) in [6.45, 7) is 6.79. The van der Waals surface area contributed by atoms with E-state index in [-0.39, 0.29) is 11.8 Å². The summed E-state index contributed by atoms with van der Waals surface area (Å²) in [5.74, 6) is 0.237. The number of amides is 1. The Kier molecular flexibility index (Phi) is 5.55. The van der Waals surface area contributed by atoms with E-state index in [9.17, 15) is 4.79 Å². The summed E-state index contributed by atoms with van der Waals surface area (Å²) in [6, 6.07) is 0. The number of hydrogen-bond acceptors (Lipinski definition) is 4. The minimum atomic E-state index is 0.0940. The molecular formula is C14H25N5O.